The Morgan fingerprint density at radius 2 is 1.66 bits per heavy atom. The molecule has 1 fully saturated rings. The van der Waals surface area contributed by atoms with Gasteiger partial charge in [-0.1, -0.05) is 28.1 Å². The van der Waals surface area contributed by atoms with E-state index in [9.17, 15) is 23.2 Å². The number of amides is 3. The lowest BCUT2D eigenvalue weighted by atomic mass is 9.96. The third-order valence-corrected chi connectivity index (χ3v) is 7.49. The molecule has 210 valence electrons. The van der Waals surface area contributed by atoms with Crippen LogP contribution in [0.1, 0.15) is 40.5 Å². The van der Waals surface area contributed by atoms with Crippen molar-refractivity contribution in [2.24, 2.45) is 0 Å². The van der Waals surface area contributed by atoms with Crippen LogP contribution in [0.3, 0.4) is 0 Å². The zero-order valence-electron chi connectivity index (χ0n) is 21.8. The van der Waals surface area contributed by atoms with Crippen LogP contribution in [0.5, 0.6) is 0 Å². The number of aromatic amines is 1. The summed E-state index contributed by atoms with van der Waals surface area (Å²) in [4.78, 5) is 46.8. The van der Waals surface area contributed by atoms with Gasteiger partial charge < -0.3 is 20.5 Å². The summed E-state index contributed by atoms with van der Waals surface area (Å²) in [6, 6.07) is 17.6. The Labute approximate surface area is 243 Å². The molecule has 8 nitrogen and oxygen atoms in total. The molecule has 3 amide bonds. The number of nitrogens with one attached hydrogen (secondary N) is 3. The van der Waals surface area contributed by atoms with E-state index in [4.69, 9.17) is 0 Å². The van der Waals surface area contributed by atoms with Crippen LogP contribution >= 0.6 is 15.9 Å². The molecule has 0 unspecified atom stereocenters. The van der Waals surface area contributed by atoms with Gasteiger partial charge in [-0.3, -0.25) is 14.4 Å². The number of piperidine rings is 1. The van der Waals surface area contributed by atoms with Gasteiger partial charge in [-0.25, -0.2) is 13.8 Å². The monoisotopic (exact) mass is 621 g/mol. The van der Waals surface area contributed by atoms with Gasteiger partial charge in [-0.15, -0.1) is 0 Å². The lowest BCUT2D eigenvalue weighted by Crippen LogP contribution is -2.43. The lowest BCUT2D eigenvalue weighted by molar-refractivity contribution is -0.143. The first-order chi connectivity index (χ1) is 19.8. The largest absolute Gasteiger partial charge is 0.348 e. The van der Waals surface area contributed by atoms with Gasteiger partial charge in [0.1, 0.15) is 5.82 Å². The molecule has 4 aromatic rings. The molecule has 0 bridgehead atoms. The minimum absolute atomic E-state index is 0.0398. The number of halogens is 3. The van der Waals surface area contributed by atoms with E-state index in [2.05, 4.69) is 36.5 Å². The smallest absolute Gasteiger partial charge is 0.313 e. The van der Waals surface area contributed by atoms with Crippen molar-refractivity contribution in [1.82, 2.24) is 20.2 Å². The second kappa shape index (κ2) is 12.4. The Kier molecular flexibility index (Phi) is 8.53. The third-order valence-electron chi connectivity index (χ3n) is 6.96. The number of hydrogen-bond donors (Lipinski definition) is 3. The molecule has 1 aliphatic heterocycles. The predicted molar refractivity (Wildman–Crippen MR) is 153 cm³/mol. The van der Waals surface area contributed by atoms with E-state index in [1.54, 1.807) is 54.7 Å². The van der Waals surface area contributed by atoms with Crippen molar-refractivity contribution in [1.29, 1.82) is 0 Å². The summed E-state index contributed by atoms with van der Waals surface area (Å²) in [6.07, 6.45) is 2.78. The van der Waals surface area contributed by atoms with Gasteiger partial charge in [0.2, 0.25) is 0 Å². The minimum Gasteiger partial charge on any atom is -0.348 e. The molecule has 0 aliphatic carbocycles. The van der Waals surface area contributed by atoms with Crippen LogP contribution in [-0.4, -0.2) is 45.7 Å². The lowest BCUT2D eigenvalue weighted by Gasteiger charge is -2.30. The molecule has 3 aromatic carbocycles. The number of carbonyl (C=O) groups is 3. The van der Waals surface area contributed by atoms with Gasteiger partial charge >= 0.3 is 11.8 Å². The van der Waals surface area contributed by atoms with Gasteiger partial charge in [-0.05, 0) is 73.0 Å². The normalized spacial score (nSPS) is 13.6. The van der Waals surface area contributed by atoms with E-state index in [0.29, 0.717) is 60.8 Å². The summed E-state index contributed by atoms with van der Waals surface area (Å²) < 4.78 is 27.7. The van der Waals surface area contributed by atoms with Gasteiger partial charge in [0.15, 0.2) is 11.6 Å². The summed E-state index contributed by atoms with van der Waals surface area (Å²) in [5.74, 6) is -2.63. The summed E-state index contributed by atoms with van der Waals surface area (Å²) in [7, 11) is 0. The van der Waals surface area contributed by atoms with E-state index >= 15 is 0 Å². The van der Waals surface area contributed by atoms with Gasteiger partial charge in [-0.2, -0.15) is 0 Å². The number of imidazole rings is 1. The summed E-state index contributed by atoms with van der Waals surface area (Å²) in [5, 5.41) is 5.48. The highest BCUT2D eigenvalue weighted by molar-refractivity contribution is 9.10. The molecule has 41 heavy (non-hydrogen) atoms. The molecule has 1 saturated heterocycles. The second-order valence-corrected chi connectivity index (χ2v) is 10.6. The first kappa shape index (κ1) is 28.2. The standard InChI is InChI=1S/C30H26BrF2N5O3/c31-22-6-3-20(4-7-22)28(39)35-16-18-1-8-23(9-2-18)36-29(40)30(41)38-13-11-19(12-14-38)27-34-17-26(37-27)21-5-10-24(32)25(33)15-21/h1-10,15,17,19H,11-14,16H2,(H,34,37)(H,35,39)(H,36,40). The number of likely N-dealkylation sites (tertiary alicyclic amines) is 1. The number of rotatable bonds is 6. The topological polar surface area (TPSA) is 107 Å². The fourth-order valence-corrected chi connectivity index (χ4v) is 4.89. The summed E-state index contributed by atoms with van der Waals surface area (Å²) in [5.41, 5.74) is 2.93. The second-order valence-electron chi connectivity index (χ2n) is 9.72. The average molecular weight is 622 g/mol. The molecule has 11 heteroatoms. The number of H-pyrrole nitrogens is 1. The molecule has 0 saturated carbocycles. The summed E-state index contributed by atoms with van der Waals surface area (Å²) >= 11 is 3.34. The Hall–Kier alpha value is -4.38. The fraction of sp³-hybridized carbons (Fsp3) is 0.200. The van der Waals surface area contributed by atoms with E-state index in [1.807, 2.05) is 0 Å². The molecular formula is C30H26BrF2N5O3. The van der Waals surface area contributed by atoms with Gasteiger partial charge in [0.25, 0.3) is 5.91 Å². The number of carbonyl (C=O) groups excluding carboxylic acids is 3. The summed E-state index contributed by atoms with van der Waals surface area (Å²) in [6.45, 7) is 1.08. The van der Waals surface area contributed by atoms with Crippen molar-refractivity contribution in [3.05, 3.63) is 106 Å². The van der Waals surface area contributed by atoms with Crippen molar-refractivity contribution in [2.75, 3.05) is 18.4 Å². The third kappa shape index (κ3) is 6.86. The zero-order chi connectivity index (χ0) is 28.9. The Bertz CT molecular complexity index is 1570. The molecule has 1 aliphatic rings. The maximum atomic E-state index is 13.6. The number of benzene rings is 3. The van der Waals surface area contributed by atoms with Crippen molar-refractivity contribution < 1.29 is 23.2 Å². The SMILES string of the molecule is O=C(Nc1ccc(CNC(=O)c2ccc(Br)cc2)cc1)C(=O)N1CCC(c2ncc(-c3ccc(F)c(F)c3)[nH]2)CC1. The maximum Gasteiger partial charge on any atom is 0.313 e. The Balaban J connectivity index is 1.09. The fourth-order valence-electron chi connectivity index (χ4n) is 4.63. The van der Waals surface area contributed by atoms with Crippen LogP contribution in [0.25, 0.3) is 11.3 Å². The molecule has 3 N–H and O–H groups in total. The van der Waals surface area contributed by atoms with Crippen LogP contribution in [0.4, 0.5) is 14.5 Å². The van der Waals surface area contributed by atoms with Crippen molar-refractivity contribution >= 4 is 39.3 Å². The number of aromatic nitrogens is 2. The highest BCUT2D eigenvalue weighted by Gasteiger charge is 2.29. The average Bonchev–Trinajstić information content (AvgIpc) is 3.48. The number of hydrogen-bond acceptors (Lipinski definition) is 4. The quantitative estimate of drug-likeness (QED) is 0.251. The van der Waals surface area contributed by atoms with Crippen molar-refractivity contribution in [3.63, 3.8) is 0 Å². The molecule has 0 spiro atoms. The number of nitrogens with zero attached hydrogens (tertiary/aromatic N) is 2. The maximum absolute atomic E-state index is 13.6. The molecule has 5 rings (SSSR count). The first-order valence-corrected chi connectivity index (χ1v) is 13.8. The van der Waals surface area contributed by atoms with E-state index in [-0.39, 0.29) is 11.8 Å². The van der Waals surface area contributed by atoms with E-state index in [0.717, 1.165) is 22.2 Å². The number of anilines is 1. The van der Waals surface area contributed by atoms with Gasteiger partial charge in [0.05, 0.1) is 11.9 Å². The highest BCUT2D eigenvalue weighted by atomic mass is 79.9. The van der Waals surface area contributed by atoms with Crippen LogP contribution in [0.2, 0.25) is 0 Å². The van der Waals surface area contributed by atoms with Crippen LogP contribution in [-0.2, 0) is 16.1 Å². The first-order valence-electron chi connectivity index (χ1n) is 13.0. The van der Waals surface area contributed by atoms with Crippen LogP contribution < -0.4 is 10.6 Å². The van der Waals surface area contributed by atoms with Crippen LogP contribution in [0, 0.1) is 11.6 Å². The Morgan fingerprint density at radius 3 is 2.34 bits per heavy atom. The molecule has 0 radical (unpaired) electrons. The van der Waals surface area contributed by atoms with Crippen LogP contribution in [0.15, 0.2) is 77.4 Å². The van der Waals surface area contributed by atoms with Crippen molar-refractivity contribution in [2.45, 2.75) is 25.3 Å². The van der Waals surface area contributed by atoms with Crippen molar-refractivity contribution in [3.8, 4) is 11.3 Å². The van der Waals surface area contributed by atoms with E-state index < -0.39 is 23.4 Å². The molecule has 0 atom stereocenters. The minimum atomic E-state index is -0.930. The zero-order valence-corrected chi connectivity index (χ0v) is 23.4. The van der Waals surface area contributed by atoms with E-state index in [1.165, 1.54) is 11.0 Å². The predicted octanol–water partition coefficient (Wildman–Crippen LogP) is 5.39. The highest BCUT2D eigenvalue weighted by Crippen LogP contribution is 2.28. The molecule has 2 heterocycles. The molecular weight excluding hydrogens is 596 g/mol. The Morgan fingerprint density at radius 1 is 0.951 bits per heavy atom. The molecule has 1 aromatic heterocycles. The van der Waals surface area contributed by atoms with Gasteiger partial charge in [0, 0.05) is 46.8 Å².